The molecule has 1 atom stereocenters. The molecule has 1 aromatic carbocycles. The van der Waals surface area contributed by atoms with Gasteiger partial charge >= 0.3 is 5.97 Å². The molecule has 0 aromatic heterocycles. The second kappa shape index (κ2) is 4.40. The van der Waals surface area contributed by atoms with Gasteiger partial charge in [0.25, 0.3) is 0 Å². The van der Waals surface area contributed by atoms with Crippen molar-refractivity contribution in [2.45, 2.75) is 13.0 Å². The number of rotatable bonds is 2. The van der Waals surface area contributed by atoms with E-state index in [1.165, 1.54) is 31.2 Å². The average molecular weight is 191 g/mol. The number of aliphatic hydroxyl groups is 1. The quantitative estimate of drug-likeness (QED) is 0.432. The van der Waals surface area contributed by atoms with E-state index >= 15 is 0 Å². The van der Waals surface area contributed by atoms with Crippen LogP contribution in [0, 0.1) is 11.3 Å². The molecule has 0 saturated carbocycles. The van der Waals surface area contributed by atoms with E-state index in [0.29, 0.717) is 11.3 Å². The first-order valence-electron chi connectivity index (χ1n) is 3.99. The number of esters is 1. The summed E-state index contributed by atoms with van der Waals surface area (Å²) in [6, 6.07) is 7.81. The molecule has 0 aliphatic heterocycles. The number of aliphatic hydroxyl groups excluding tert-OH is 1. The molecule has 0 aliphatic carbocycles. The molecule has 0 fully saturated rings. The highest BCUT2D eigenvalue weighted by Gasteiger charge is 2.05. The fourth-order valence-electron chi connectivity index (χ4n) is 0.959. The fourth-order valence-corrected chi connectivity index (χ4v) is 0.959. The van der Waals surface area contributed by atoms with Crippen LogP contribution >= 0.6 is 0 Å². The van der Waals surface area contributed by atoms with Crippen molar-refractivity contribution in [2.75, 3.05) is 0 Å². The molecule has 0 heterocycles. The predicted molar refractivity (Wildman–Crippen MR) is 48.3 cm³/mol. The zero-order valence-corrected chi connectivity index (χ0v) is 7.60. The van der Waals surface area contributed by atoms with Gasteiger partial charge in [0.15, 0.2) is 6.10 Å². The second-order valence-corrected chi connectivity index (χ2v) is 2.69. The van der Waals surface area contributed by atoms with Crippen LogP contribution in [-0.4, -0.2) is 11.1 Å². The maximum absolute atomic E-state index is 10.6. The van der Waals surface area contributed by atoms with Crippen molar-refractivity contribution in [3.63, 3.8) is 0 Å². The minimum Gasteiger partial charge on any atom is -0.427 e. The van der Waals surface area contributed by atoms with Crippen molar-refractivity contribution < 1.29 is 14.6 Å². The summed E-state index contributed by atoms with van der Waals surface area (Å²) in [7, 11) is 0. The van der Waals surface area contributed by atoms with Crippen LogP contribution in [0.2, 0.25) is 0 Å². The van der Waals surface area contributed by atoms with Gasteiger partial charge < -0.3 is 9.84 Å². The summed E-state index contributed by atoms with van der Waals surface area (Å²) in [6.45, 7) is 1.30. The number of hydrogen-bond donors (Lipinski definition) is 1. The van der Waals surface area contributed by atoms with E-state index in [1.54, 1.807) is 6.07 Å². The van der Waals surface area contributed by atoms with Gasteiger partial charge in [-0.1, -0.05) is 12.1 Å². The van der Waals surface area contributed by atoms with Gasteiger partial charge in [-0.25, -0.2) is 0 Å². The molecular weight excluding hydrogens is 182 g/mol. The van der Waals surface area contributed by atoms with Crippen molar-refractivity contribution >= 4 is 5.97 Å². The van der Waals surface area contributed by atoms with Gasteiger partial charge in [-0.15, -0.1) is 0 Å². The largest absolute Gasteiger partial charge is 0.427 e. The Labute approximate surface area is 81.4 Å². The molecule has 0 unspecified atom stereocenters. The highest BCUT2D eigenvalue weighted by molar-refractivity contribution is 5.69. The molecule has 4 nitrogen and oxygen atoms in total. The summed E-state index contributed by atoms with van der Waals surface area (Å²) < 4.78 is 4.78. The third-order valence-electron chi connectivity index (χ3n) is 1.58. The molecule has 0 aliphatic rings. The molecule has 0 spiro atoms. The molecule has 72 valence electrons. The Morgan fingerprint density at radius 3 is 2.50 bits per heavy atom. The van der Waals surface area contributed by atoms with Gasteiger partial charge in [0.2, 0.25) is 0 Å². The summed E-state index contributed by atoms with van der Waals surface area (Å²) >= 11 is 0. The number of carbonyl (C=O) groups excluding carboxylic acids is 1. The molecule has 0 radical (unpaired) electrons. The minimum atomic E-state index is -1.14. The van der Waals surface area contributed by atoms with Gasteiger partial charge in [-0.05, 0) is 17.7 Å². The number of nitriles is 1. The second-order valence-electron chi connectivity index (χ2n) is 2.69. The smallest absolute Gasteiger partial charge is 0.308 e. The van der Waals surface area contributed by atoms with Crippen LogP contribution in [0.4, 0.5) is 0 Å². The van der Waals surface area contributed by atoms with Crippen LogP contribution in [0.5, 0.6) is 5.75 Å². The monoisotopic (exact) mass is 191 g/mol. The zero-order valence-electron chi connectivity index (χ0n) is 7.60. The van der Waals surface area contributed by atoms with E-state index in [0.717, 1.165) is 0 Å². The van der Waals surface area contributed by atoms with E-state index in [9.17, 15) is 4.79 Å². The highest BCUT2D eigenvalue weighted by Crippen LogP contribution is 2.17. The molecular formula is C10H9NO3. The van der Waals surface area contributed by atoms with Crippen molar-refractivity contribution in [3.05, 3.63) is 29.8 Å². The van der Waals surface area contributed by atoms with Crippen molar-refractivity contribution in [2.24, 2.45) is 0 Å². The first-order chi connectivity index (χ1) is 6.63. The predicted octanol–water partition coefficient (Wildman–Crippen LogP) is 1.17. The minimum absolute atomic E-state index is 0.395. The fraction of sp³-hybridized carbons (Fsp3) is 0.200. The lowest BCUT2D eigenvalue weighted by molar-refractivity contribution is -0.131. The number of carbonyl (C=O) groups is 1. The summed E-state index contributed by atoms with van der Waals surface area (Å²) in [5.74, 6) is -0.00929. The molecule has 1 rings (SSSR count). The van der Waals surface area contributed by atoms with Gasteiger partial charge in [0.1, 0.15) is 5.75 Å². The number of hydrogen-bond acceptors (Lipinski definition) is 4. The Balaban J connectivity index is 2.79. The van der Waals surface area contributed by atoms with E-state index < -0.39 is 12.1 Å². The van der Waals surface area contributed by atoms with Crippen molar-refractivity contribution in [3.8, 4) is 11.8 Å². The van der Waals surface area contributed by atoms with Crippen LogP contribution < -0.4 is 4.74 Å². The van der Waals surface area contributed by atoms with Crippen LogP contribution in [0.15, 0.2) is 24.3 Å². The molecule has 14 heavy (non-hydrogen) atoms. The Bertz CT molecular complexity index is 364. The lowest BCUT2D eigenvalue weighted by Gasteiger charge is -2.03. The Hall–Kier alpha value is -1.86. The van der Waals surface area contributed by atoms with Crippen molar-refractivity contribution in [1.82, 2.24) is 0 Å². The maximum Gasteiger partial charge on any atom is 0.308 e. The van der Waals surface area contributed by atoms with Crippen LogP contribution in [0.25, 0.3) is 0 Å². The van der Waals surface area contributed by atoms with Gasteiger partial charge in [0.05, 0.1) is 6.07 Å². The molecule has 4 heteroatoms. The molecule has 0 amide bonds. The topological polar surface area (TPSA) is 70.3 Å². The van der Waals surface area contributed by atoms with Crippen molar-refractivity contribution in [1.29, 1.82) is 5.26 Å². The SMILES string of the molecule is CC(=O)Oc1ccc([C@@H](O)C#N)cc1. The van der Waals surface area contributed by atoms with Gasteiger partial charge in [-0.2, -0.15) is 5.26 Å². The lowest BCUT2D eigenvalue weighted by Crippen LogP contribution is -2.01. The third-order valence-corrected chi connectivity index (χ3v) is 1.58. The molecule has 0 saturated heterocycles. The van der Waals surface area contributed by atoms with E-state index in [-0.39, 0.29) is 0 Å². The highest BCUT2D eigenvalue weighted by atomic mass is 16.5. The first kappa shape index (κ1) is 10.2. The summed E-state index contributed by atoms with van der Waals surface area (Å²) in [4.78, 5) is 10.6. The van der Waals surface area contributed by atoms with Crippen LogP contribution in [-0.2, 0) is 4.79 Å². The van der Waals surface area contributed by atoms with Gasteiger partial charge in [0, 0.05) is 6.92 Å². The van der Waals surface area contributed by atoms with Crippen LogP contribution in [0.3, 0.4) is 0 Å². The average Bonchev–Trinajstić information content (AvgIpc) is 2.17. The molecule has 1 aromatic rings. The summed E-state index contributed by atoms with van der Waals surface area (Å²) in [5, 5.41) is 17.6. The van der Waals surface area contributed by atoms with E-state index in [2.05, 4.69) is 0 Å². The number of benzene rings is 1. The number of ether oxygens (including phenoxy) is 1. The Morgan fingerprint density at radius 2 is 2.07 bits per heavy atom. The third kappa shape index (κ3) is 2.57. The maximum atomic E-state index is 10.6. The lowest BCUT2D eigenvalue weighted by atomic mass is 10.1. The van der Waals surface area contributed by atoms with E-state index in [1.807, 2.05) is 0 Å². The first-order valence-corrected chi connectivity index (χ1v) is 3.99. The standard InChI is InChI=1S/C10H9NO3/c1-7(12)14-9-4-2-8(3-5-9)10(13)6-11/h2-5,10,13H,1H3/t10-/m0/s1. The van der Waals surface area contributed by atoms with E-state index in [4.69, 9.17) is 15.1 Å². The van der Waals surface area contributed by atoms with Crippen LogP contribution in [0.1, 0.15) is 18.6 Å². The zero-order chi connectivity index (χ0) is 10.6. The normalized spacial score (nSPS) is 11.5. The summed E-state index contributed by atoms with van der Waals surface area (Å²) in [6.07, 6.45) is -1.14. The van der Waals surface area contributed by atoms with Gasteiger partial charge in [-0.3, -0.25) is 4.79 Å². The Morgan fingerprint density at radius 1 is 1.50 bits per heavy atom. The number of nitrogens with zero attached hydrogens (tertiary/aromatic N) is 1. The molecule has 0 bridgehead atoms. The molecule has 1 N–H and O–H groups in total. The Kier molecular flexibility index (Phi) is 3.21. The summed E-state index contributed by atoms with van der Waals surface area (Å²) in [5.41, 5.74) is 0.475.